The molecule has 3 fully saturated rings. The van der Waals surface area contributed by atoms with Crippen molar-refractivity contribution >= 4 is 11.8 Å². The van der Waals surface area contributed by atoms with Crippen LogP contribution in [0.5, 0.6) is 0 Å². The Hall–Kier alpha value is -1.06. The molecule has 1 atom stereocenters. The van der Waals surface area contributed by atoms with E-state index in [0.29, 0.717) is 18.3 Å². The molecular weight excluding hydrogens is 264 g/mol. The lowest BCUT2D eigenvalue weighted by Crippen LogP contribution is -2.45. The van der Waals surface area contributed by atoms with Gasteiger partial charge in [0.2, 0.25) is 11.8 Å². The van der Waals surface area contributed by atoms with Gasteiger partial charge in [0.25, 0.3) is 0 Å². The van der Waals surface area contributed by atoms with Crippen LogP contribution in [-0.2, 0) is 9.59 Å². The molecule has 3 rings (SSSR count). The highest BCUT2D eigenvalue weighted by Crippen LogP contribution is 2.53. The summed E-state index contributed by atoms with van der Waals surface area (Å²) in [5, 5.41) is 0. The van der Waals surface area contributed by atoms with Crippen LogP contribution in [-0.4, -0.2) is 47.3 Å². The van der Waals surface area contributed by atoms with Crippen molar-refractivity contribution in [3.05, 3.63) is 0 Å². The first kappa shape index (κ1) is 14.9. The summed E-state index contributed by atoms with van der Waals surface area (Å²) < 4.78 is 0. The first-order chi connectivity index (χ1) is 10.1. The maximum Gasteiger partial charge on any atom is 0.224 e. The third kappa shape index (κ3) is 3.41. The fourth-order valence-corrected chi connectivity index (χ4v) is 3.96. The van der Waals surface area contributed by atoms with E-state index in [9.17, 15) is 9.59 Å². The SMILES string of the molecule is CC(CC(=O)N1CCCC2(CC1)CC2)N1CCCCC1=O. The molecule has 0 bridgehead atoms. The molecule has 0 aromatic heterocycles. The third-order valence-corrected chi connectivity index (χ3v) is 5.72. The molecule has 1 saturated carbocycles. The first-order valence-electron chi connectivity index (χ1n) is 8.67. The predicted octanol–water partition coefficient (Wildman–Crippen LogP) is 2.57. The Labute approximate surface area is 127 Å². The van der Waals surface area contributed by atoms with Crippen LogP contribution in [0.2, 0.25) is 0 Å². The van der Waals surface area contributed by atoms with Crippen LogP contribution < -0.4 is 0 Å². The van der Waals surface area contributed by atoms with Crippen LogP contribution in [0.3, 0.4) is 0 Å². The molecule has 0 N–H and O–H groups in total. The highest BCUT2D eigenvalue weighted by atomic mass is 16.2. The fraction of sp³-hybridized carbons (Fsp3) is 0.882. The Kier molecular flexibility index (Phi) is 4.23. The molecule has 2 heterocycles. The van der Waals surface area contributed by atoms with Crippen molar-refractivity contribution in [1.82, 2.24) is 9.80 Å². The van der Waals surface area contributed by atoms with Crippen LogP contribution in [0.1, 0.15) is 64.7 Å². The number of hydrogen-bond acceptors (Lipinski definition) is 2. The van der Waals surface area contributed by atoms with Gasteiger partial charge in [-0.2, -0.15) is 0 Å². The van der Waals surface area contributed by atoms with Gasteiger partial charge in [-0.1, -0.05) is 0 Å². The minimum atomic E-state index is 0.0587. The normalized spacial score (nSPS) is 26.6. The summed E-state index contributed by atoms with van der Waals surface area (Å²) in [6.07, 6.45) is 9.63. The minimum absolute atomic E-state index is 0.0587. The zero-order valence-corrected chi connectivity index (χ0v) is 13.3. The monoisotopic (exact) mass is 292 g/mol. The molecule has 0 aromatic rings. The van der Waals surface area contributed by atoms with E-state index in [1.807, 2.05) is 11.8 Å². The average Bonchev–Trinajstić information content (AvgIpc) is 3.26. The molecule has 4 nitrogen and oxygen atoms in total. The van der Waals surface area contributed by atoms with Crippen LogP contribution in [0.25, 0.3) is 0 Å². The fourth-order valence-electron chi connectivity index (χ4n) is 3.96. The van der Waals surface area contributed by atoms with Gasteiger partial charge in [0.15, 0.2) is 0 Å². The second-order valence-electron chi connectivity index (χ2n) is 7.33. The molecule has 1 aliphatic carbocycles. The van der Waals surface area contributed by atoms with Crippen molar-refractivity contribution in [2.75, 3.05) is 19.6 Å². The molecule has 2 aliphatic heterocycles. The van der Waals surface area contributed by atoms with Crippen molar-refractivity contribution in [2.24, 2.45) is 5.41 Å². The zero-order chi connectivity index (χ0) is 14.9. The molecule has 3 aliphatic rings. The van der Waals surface area contributed by atoms with Gasteiger partial charge >= 0.3 is 0 Å². The quantitative estimate of drug-likeness (QED) is 0.802. The largest absolute Gasteiger partial charge is 0.343 e. The van der Waals surface area contributed by atoms with Crippen LogP contribution >= 0.6 is 0 Å². The van der Waals surface area contributed by atoms with Gasteiger partial charge in [-0.25, -0.2) is 0 Å². The summed E-state index contributed by atoms with van der Waals surface area (Å²) in [5.41, 5.74) is 0.601. The maximum absolute atomic E-state index is 12.5. The smallest absolute Gasteiger partial charge is 0.224 e. The Morgan fingerprint density at radius 1 is 1.10 bits per heavy atom. The molecular formula is C17H28N2O2. The highest BCUT2D eigenvalue weighted by molar-refractivity contribution is 5.80. The number of carbonyl (C=O) groups is 2. The second-order valence-corrected chi connectivity index (χ2v) is 7.33. The maximum atomic E-state index is 12.5. The van der Waals surface area contributed by atoms with E-state index >= 15 is 0 Å². The van der Waals surface area contributed by atoms with Gasteiger partial charge in [0.05, 0.1) is 0 Å². The van der Waals surface area contributed by atoms with E-state index in [2.05, 4.69) is 4.90 Å². The van der Waals surface area contributed by atoms with Crippen molar-refractivity contribution in [1.29, 1.82) is 0 Å². The van der Waals surface area contributed by atoms with E-state index in [-0.39, 0.29) is 17.9 Å². The van der Waals surface area contributed by atoms with Crippen molar-refractivity contribution in [3.63, 3.8) is 0 Å². The highest BCUT2D eigenvalue weighted by Gasteiger charge is 2.43. The standard InChI is InChI=1S/C17H28N2O2/c1-14(19-11-3-2-5-15(19)20)13-16(21)18-10-4-6-17(7-8-17)9-12-18/h14H,2-13H2,1H3. The molecule has 0 aromatic carbocycles. The molecule has 1 unspecified atom stereocenters. The van der Waals surface area contributed by atoms with Gasteiger partial charge in [-0.3, -0.25) is 9.59 Å². The molecule has 1 spiro atoms. The molecule has 118 valence electrons. The zero-order valence-electron chi connectivity index (χ0n) is 13.3. The average molecular weight is 292 g/mol. The molecule has 4 heteroatoms. The van der Waals surface area contributed by atoms with E-state index < -0.39 is 0 Å². The minimum Gasteiger partial charge on any atom is -0.343 e. The molecule has 2 amide bonds. The number of amides is 2. The van der Waals surface area contributed by atoms with Gasteiger partial charge in [-0.15, -0.1) is 0 Å². The Bertz CT molecular complexity index is 417. The first-order valence-corrected chi connectivity index (χ1v) is 8.67. The summed E-state index contributed by atoms with van der Waals surface area (Å²) in [4.78, 5) is 28.4. The van der Waals surface area contributed by atoms with Crippen molar-refractivity contribution in [2.45, 2.75) is 70.8 Å². The van der Waals surface area contributed by atoms with Gasteiger partial charge in [0.1, 0.15) is 0 Å². The number of carbonyl (C=O) groups excluding carboxylic acids is 2. The molecule has 21 heavy (non-hydrogen) atoms. The van der Waals surface area contributed by atoms with Crippen LogP contribution in [0.15, 0.2) is 0 Å². The predicted molar refractivity (Wildman–Crippen MR) is 81.7 cm³/mol. The van der Waals surface area contributed by atoms with Gasteiger partial charge in [0, 0.05) is 38.5 Å². The second kappa shape index (κ2) is 5.98. The Morgan fingerprint density at radius 3 is 2.62 bits per heavy atom. The topological polar surface area (TPSA) is 40.6 Å². The lowest BCUT2D eigenvalue weighted by Gasteiger charge is -2.33. The summed E-state index contributed by atoms with van der Waals surface area (Å²) >= 11 is 0. The third-order valence-electron chi connectivity index (χ3n) is 5.72. The van der Waals surface area contributed by atoms with E-state index in [1.54, 1.807) is 0 Å². The van der Waals surface area contributed by atoms with Crippen LogP contribution in [0, 0.1) is 5.41 Å². The summed E-state index contributed by atoms with van der Waals surface area (Å²) in [7, 11) is 0. The van der Waals surface area contributed by atoms with E-state index in [4.69, 9.17) is 0 Å². The van der Waals surface area contributed by atoms with Gasteiger partial charge < -0.3 is 9.80 Å². The molecule has 2 saturated heterocycles. The molecule has 0 radical (unpaired) electrons. The lowest BCUT2D eigenvalue weighted by molar-refractivity contribution is -0.138. The van der Waals surface area contributed by atoms with E-state index in [1.165, 1.54) is 25.7 Å². The van der Waals surface area contributed by atoms with E-state index in [0.717, 1.165) is 38.9 Å². The summed E-state index contributed by atoms with van der Waals surface area (Å²) in [5.74, 6) is 0.480. The van der Waals surface area contributed by atoms with Crippen molar-refractivity contribution < 1.29 is 9.59 Å². The summed E-state index contributed by atoms with van der Waals surface area (Å²) in [6.45, 7) is 4.71. The van der Waals surface area contributed by atoms with Gasteiger partial charge in [-0.05, 0) is 57.3 Å². The summed E-state index contributed by atoms with van der Waals surface area (Å²) in [6, 6.07) is 0.0587. The number of likely N-dealkylation sites (tertiary alicyclic amines) is 2. The number of rotatable bonds is 3. The Morgan fingerprint density at radius 2 is 1.90 bits per heavy atom. The Balaban J connectivity index is 1.51. The number of hydrogen-bond donors (Lipinski definition) is 0. The van der Waals surface area contributed by atoms with Crippen molar-refractivity contribution in [3.8, 4) is 0 Å². The number of nitrogens with zero attached hydrogens (tertiary/aromatic N) is 2. The number of piperidine rings is 1. The lowest BCUT2D eigenvalue weighted by atomic mass is 9.98. The van der Waals surface area contributed by atoms with Crippen LogP contribution in [0.4, 0.5) is 0 Å².